The highest BCUT2D eigenvalue weighted by Crippen LogP contribution is 2.31. The Morgan fingerprint density at radius 1 is 1.16 bits per heavy atom. The summed E-state index contributed by atoms with van der Waals surface area (Å²) in [4.78, 5) is 0. The van der Waals surface area contributed by atoms with Gasteiger partial charge in [0.05, 0.1) is 17.7 Å². The van der Waals surface area contributed by atoms with Crippen molar-refractivity contribution in [3.05, 3.63) is 59.2 Å². The summed E-state index contributed by atoms with van der Waals surface area (Å²) in [5, 5.41) is 18.6. The van der Waals surface area contributed by atoms with Gasteiger partial charge in [0, 0.05) is 5.56 Å². The van der Waals surface area contributed by atoms with Crippen LogP contribution in [0.25, 0.3) is 0 Å². The first-order valence-corrected chi connectivity index (χ1v) is 6.07. The summed E-state index contributed by atoms with van der Waals surface area (Å²) in [6.07, 6.45) is -0.601. The highest BCUT2D eigenvalue weighted by atomic mass is 16.5. The Labute approximate surface area is 112 Å². The Morgan fingerprint density at radius 2 is 1.89 bits per heavy atom. The van der Waals surface area contributed by atoms with Gasteiger partial charge in [-0.3, -0.25) is 0 Å². The molecule has 1 N–H and O–H groups in total. The van der Waals surface area contributed by atoms with Gasteiger partial charge in [0.15, 0.2) is 0 Å². The summed E-state index contributed by atoms with van der Waals surface area (Å²) < 4.78 is 5.83. The summed E-state index contributed by atoms with van der Waals surface area (Å²) in [7, 11) is 0. The van der Waals surface area contributed by atoms with Crippen LogP contribution < -0.4 is 4.74 Å². The molecule has 0 heterocycles. The monoisotopic (exact) mass is 253 g/mol. The van der Waals surface area contributed by atoms with Gasteiger partial charge in [-0.05, 0) is 37.6 Å². The van der Waals surface area contributed by atoms with E-state index in [1.165, 1.54) is 0 Å². The summed E-state index contributed by atoms with van der Waals surface area (Å²) in [5.41, 5.74) is 2.22. The number of rotatable bonds is 3. The number of ether oxygens (including phenoxy) is 1. The number of hydrogen-bond donors (Lipinski definition) is 1. The van der Waals surface area contributed by atoms with Gasteiger partial charge in [0.25, 0.3) is 0 Å². The van der Waals surface area contributed by atoms with E-state index in [0.717, 1.165) is 11.1 Å². The van der Waals surface area contributed by atoms with Gasteiger partial charge < -0.3 is 9.84 Å². The molecule has 0 aliphatic heterocycles. The number of aryl methyl sites for hydroxylation is 1. The average molecular weight is 253 g/mol. The third kappa shape index (κ3) is 2.93. The van der Waals surface area contributed by atoms with Crippen molar-refractivity contribution in [1.82, 2.24) is 0 Å². The lowest BCUT2D eigenvalue weighted by Crippen LogP contribution is -1.97. The molecule has 2 aromatic rings. The van der Waals surface area contributed by atoms with Crippen LogP contribution in [-0.2, 0) is 0 Å². The van der Waals surface area contributed by atoms with Crippen molar-refractivity contribution in [2.24, 2.45) is 0 Å². The van der Waals surface area contributed by atoms with E-state index in [-0.39, 0.29) is 0 Å². The van der Waals surface area contributed by atoms with Crippen molar-refractivity contribution in [3.63, 3.8) is 0 Å². The van der Waals surface area contributed by atoms with E-state index in [9.17, 15) is 5.11 Å². The van der Waals surface area contributed by atoms with Gasteiger partial charge in [0.1, 0.15) is 11.5 Å². The Morgan fingerprint density at radius 3 is 2.58 bits per heavy atom. The van der Waals surface area contributed by atoms with Crippen molar-refractivity contribution in [3.8, 4) is 17.6 Å². The van der Waals surface area contributed by atoms with Crippen LogP contribution in [0.2, 0.25) is 0 Å². The molecule has 0 fully saturated rings. The van der Waals surface area contributed by atoms with Crippen LogP contribution >= 0.6 is 0 Å². The van der Waals surface area contributed by atoms with Crippen molar-refractivity contribution in [2.75, 3.05) is 0 Å². The third-order valence-electron chi connectivity index (χ3n) is 2.91. The topological polar surface area (TPSA) is 53.2 Å². The summed E-state index contributed by atoms with van der Waals surface area (Å²) >= 11 is 0. The van der Waals surface area contributed by atoms with Crippen LogP contribution in [0.1, 0.15) is 29.7 Å². The van der Waals surface area contributed by atoms with E-state index in [0.29, 0.717) is 17.1 Å². The molecule has 0 amide bonds. The van der Waals surface area contributed by atoms with Crippen LogP contribution in [0.15, 0.2) is 42.5 Å². The molecule has 0 aromatic heterocycles. The maximum absolute atomic E-state index is 9.72. The maximum Gasteiger partial charge on any atom is 0.133 e. The number of benzene rings is 2. The minimum Gasteiger partial charge on any atom is -0.457 e. The molecule has 2 rings (SSSR count). The van der Waals surface area contributed by atoms with Crippen LogP contribution in [0, 0.1) is 18.3 Å². The lowest BCUT2D eigenvalue weighted by atomic mass is 10.1. The molecule has 0 saturated carbocycles. The smallest absolute Gasteiger partial charge is 0.133 e. The highest BCUT2D eigenvalue weighted by Gasteiger charge is 2.10. The Balaban J connectivity index is 2.39. The molecule has 0 saturated heterocycles. The van der Waals surface area contributed by atoms with Crippen LogP contribution in [0.3, 0.4) is 0 Å². The van der Waals surface area contributed by atoms with Gasteiger partial charge in [-0.15, -0.1) is 0 Å². The first-order chi connectivity index (χ1) is 9.11. The van der Waals surface area contributed by atoms with Gasteiger partial charge in [-0.2, -0.15) is 5.26 Å². The standard InChI is InChI=1S/C16H15NO2/c1-11-7-8-13(10-17)9-16(11)19-15-6-4-3-5-14(15)12(2)18/h3-9,12,18H,1-2H3. The molecule has 0 spiro atoms. The van der Waals surface area contributed by atoms with Gasteiger partial charge in [-0.1, -0.05) is 24.3 Å². The highest BCUT2D eigenvalue weighted by molar-refractivity contribution is 5.45. The van der Waals surface area contributed by atoms with E-state index in [1.54, 1.807) is 25.1 Å². The largest absolute Gasteiger partial charge is 0.457 e. The van der Waals surface area contributed by atoms with E-state index < -0.39 is 6.10 Å². The molecule has 0 bridgehead atoms. The molecular formula is C16H15NO2. The van der Waals surface area contributed by atoms with Gasteiger partial charge >= 0.3 is 0 Å². The molecule has 19 heavy (non-hydrogen) atoms. The zero-order valence-electron chi connectivity index (χ0n) is 10.9. The lowest BCUT2D eigenvalue weighted by molar-refractivity contribution is 0.195. The summed E-state index contributed by atoms with van der Waals surface area (Å²) in [6.45, 7) is 3.61. The van der Waals surface area contributed by atoms with Crippen LogP contribution in [0.4, 0.5) is 0 Å². The fourth-order valence-electron chi connectivity index (χ4n) is 1.82. The van der Waals surface area contributed by atoms with E-state index in [4.69, 9.17) is 10.00 Å². The number of aliphatic hydroxyl groups is 1. The van der Waals surface area contributed by atoms with Crippen molar-refractivity contribution in [1.29, 1.82) is 5.26 Å². The van der Waals surface area contributed by atoms with E-state index >= 15 is 0 Å². The number of nitriles is 1. The maximum atomic E-state index is 9.72. The Hall–Kier alpha value is -2.31. The van der Waals surface area contributed by atoms with Gasteiger partial charge in [0.2, 0.25) is 0 Å². The fraction of sp³-hybridized carbons (Fsp3) is 0.188. The normalized spacial score (nSPS) is 11.7. The second-order valence-corrected chi connectivity index (χ2v) is 4.41. The van der Waals surface area contributed by atoms with Gasteiger partial charge in [-0.25, -0.2) is 0 Å². The SMILES string of the molecule is Cc1ccc(C#N)cc1Oc1ccccc1C(C)O. The average Bonchev–Trinajstić information content (AvgIpc) is 2.41. The molecule has 1 atom stereocenters. The zero-order valence-corrected chi connectivity index (χ0v) is 10.9. The molecule has 0 radical (unpaired) electrons. The first kappa shape index (κ1) is 13.1. The Bertz CT molecular complexity index is 627. The predicted molar refractivity (Wildman–Crippen MR) is 73.0 cm³/mol. The zero-order chi connectivity index (χ0) is 13.8. The number of nitrogens with zero attached hydrogens (tertiary/aromatic N) is 1. The number of para-hydroxylation sites is 1. The molecule has 2 aromatic carbocycles. The van der Waals surface area contributed by atoms with E-state index in [1.807, 2.05) is 31.2 Å². The quantitative estimate of drug-likeness (QED) is 0.907. The molecule has 3 heteroatoms. The second-order valence-electron chi connectivity index (χ2n) is 4.41. The second kappa shape index (κ2) is 5.55. The molecule has 96 valence electrons. The van der Waals surface area contributed by atoms with Crippen molar-refractivity contribution < 1.29 is 9.84 Å². The summed E-state index contributed by atoms with van der Waals surface area (Å²) in [5.74, 6) is 1.24. The third-order valence-corrected chi connectivity index (χ3v) is 2.91. The Kier molecular flexibility index (Phi) is 3.84. The minimum atomic E-state index is -0.601. The molecule has 0 aliphatic rings. The fourth-order valence-corrected chi connectivity index (χ4v) is 1.82. The molecular weight excluding hydrogens is 238 g/mol. The minimum absolute atomic E-state index is 0.551. The first-order valence-electron chi connectivity index (χ1n) is 6.07. The van der Waals surface area contributed by atoms with Crippen LogP contribution in [0.5, 0.6) is 11.5 Å². The lowest BCUT2D eigenvalue weighted by Gasteiger charge is -2.14. The van der Waals surface area contributed by atoms with Crippen molar-refractivity contribution >= 4 is 0 Å². The van der Waals surface area contributed by atoms with Crippen LogP contribution in [-0.4, -0.2) is 5.11 Å². The molecule has 1 unspecified atom stereocenters. The number of hydrogen-bond acceptors (Lipinski definition) is 3. The predicted octanol–water partition coefficient (Wildman–Crippen LogP) is 3.71. The molecule has 0 aliphatic carbocycles. The van der Waals surface area contributed by atoms with E-state index in [2.05, 4.69) is 6.07 Å². The number of aliphatic hydroxyl groups excluding tert-OH is 1. The van der Waals surface area contributed by atoms with Crippen molar-refractivity contribution in [2.45, 2.75) is 20.0 Å². The molecule has 3 nitrogen and oxygen atoms in total. The summed E-state index contributed by atoms with van der Waals surface area (Å²) in [6, 6.07) is 14.7.